The zero-order valence-corrected chi connectivity index (χ0v) is 47.0. The van der Waals surface area contributed by atoms with Crippen LogP contribution in [0.3, 0.4) is 0 Å². The number of furan rings is 2. The van der Waals surface area contributed by atoms with Gasteiger partial charge in [-0.15, -0.1) is 0 Å². The van der Waals surface area contributed by atoms with Crippen LogP contribution < -0.4 is 14.7 Å². The minimum atomic E-state index is -0.885. The van der Waals surface area contributed by atoms with E-state index in [1.165, 1.54) is 55.3 Å². The third-order valence-electron chi connectivity index (χ3n) is 18.2. The highest BCUT2D eigenvalue weighted by Crippen LogP contribution is 2.67. The molecule has 0 unspecified atom stereocenters. The maximum Gasteiger partial charge on any atom is 0.159 e. The zero-order valence-electron chi connectivity index (χ0n) is 47.0. The van der Waals surface area contributed by atoms with Crippen LogP contribution in [0.4, 0.5) is 51.2 Å². The molecule has 13 aromatic carbocycles. The van der Waals surface area contributed by atoms with Gasteiger partial charge in [-0.2, -0.15) is 0 Å². The Hall–Kier alpha value is -10.6. The number of benzene rings is 13. The summed E-state index contributed by atoms with van der Waals surface area (Å²) in [6, 6.07) is 96.7. The molecule has 1 aliphatic carbocycles. The Morgan fingerprint density at radius 2 is 0.667 bits per heavy atom. The van der Waals surface area contributed by atoms with Gasteiger partial charge in [0, 0.05) is 49.4 Å². The maximum atomic E-state index is 7.13. The molecule has 2 aliphatic rings. The van der Waals surface area contributed by atoms with Crippen LogP contribution in [0.2, 0.25) is 0 Å². The van der Waals surface area contributed by atoms with Crippen molar-refractivity contribution in [1.29, 1.82) is 0 Å². The predicted molar refractivity (Wildman–Crippen MR) is 350 cm³/mol. The molecule has 0 atom stereocenters. The van der Waals surface area contributed by atoms with Crippen molar-refractivity contribution < 1.29 is 8.83 Å². The van der Waals surface area contributed by atoms with Gasteiger partial charge in [0.1, 0.15) is 11.2 Å². The summed E-state index contributed by atoms with van der Waals surface area (Å²) in [5.41, 5.74) is 24.0. The summed E-state index contributed by atoms with van der Waals surface area (Å²) >= 11 is 0. The molecule has 15 aromatic rings. The molecular formula is C79H55N3O2. The first-order valence-corrected chi connectivity index (χ1v) is 29.1. The van der Waals surface area contributed by atoms with Crippen LogP contribution in [0.15, 0.2) is 270 Å². The molecule has 0 radical (unpaired) electrons. The predicted octanol–water partition coefficient (Wildman–Crippen LogP) is 22.1. The number of nitrogens with zero attached hydrogens (tertiary/aromatic N) is 3. The molecular weight excluding hydrogens is 1020 g/mol. The number of para-hydroxylation sites is 7. The number of hydrogen-bond acceptors (Lipinski definition) is 5. The van der Waals surface area contributed by atoms with E-state index >= 15 is 0 Å². The monoisotopic (exact) mass is 1080 g/mol. The van der Waals surface area contributed by atoms with Crippen LogP contribution >= 0.6 is 0 Å². The van der Waals surface area contributed by atoms with Gasteiger partial charge in [-0.1, -0.05) is 199 Å². The summed E-state index contributed by atoms with van der Waals surface area (Å²) in [5.74, 6) is 0. The molecule has 5 heteroatoms. The topological polar surface area (TPSA) is 36.0 Å². The molecule has 17 rings (SSSR count). The normalized spacial score (nSPS) is 13.1. The highest BCUT2D eigenvalue weighted by atomic mass is 16.3. The van der Waals surface area contributed by atoms with E-state index in [0.29, 0.717) is 0 Å². The number of hydrogen-bond donors (Lipinski definition) is 0. The Morgan fingerprint density at radius 1 is 0.298 bits per heavy atom. The lowest BCUT2D eigenvalue weighted by Crippen LogP contribution is -2.36. The summed E-state index contributed by atoms with van der Waals surface area (Å²) in [6.07, 6.45) is 0. The third-order valence-corrected chi connectivity index (χ3v) is 18.2. The zero-order chi connectivity index (χ0) is 55.9. The van der Waals surface area contributed by atoms with Crippen molar-refractivity contribution in [2.45, 2.75) is 33.1 Å². The number of rotatable bonds is 7. The van der Waals surface area contributed by atoms with E-state index in [4.69, 9.17) is 8.83 Å². The fourth-order valence-corrected chi connectivity index (χ4v) is 14.5. The highest BCUT2D eigenvalue weighted by Gasteiger charge is 2.54. The number of anilines is 9. The molecule has 1 aliphatic heterocycles. The van der Waals surface area contributed by atoms with Crippen LogP contribution in [0, 0.1) is 27.7 Å². The highest BCUT2D eigenvalue weighted by molar-refractivity contribution is 6.21. The molecule has 5 nitrogen and oxygen atoms in total. The van der Waals surface area contributed by atoms with Gasteiger partial charge in [0.2, 0.25) is 0 Å². The molecule has 398 valence electrons. The van der Waals surface area contributed by atoms with Gasteiger partial charge < -0.3 is 23.5 Å². The standard InChI is InChI=1S/C79H55N3O2/c1-48-38-42-53(43-39-48)81(69-36-18-30-61-59-28-16-20-50(3)75(59)83-77(61)69)71-46-65-73(57-26-10-8-24-55(57)71)74-58-27-11-9-25-56(58)72(82(54-44-40-49(2)41-45-54)70-37-19-31-62-60-29-17-21-51(4)76(60)84-78(62)70)47-66(74)79(65)63-32-12-14-34-67(63)80(52-22-6-5-7-23-52)68-35-15-13-33-64(68)79/h5-47H,1-4H3. The second kappa shape index (κ2) is 18.2. The quantitative estimate of drug-likeness (QED) is 0.159. The van der Waals surface area contributed by atoms with Gasteiger partial charge in [-0.05, 0) is 156 Å². The Kier molecular flexibility index (Phi) is 10.4. The largest absolute Gasteiger partial charge is 0.454 e. The lowest BCUT2D eigenvalue weighted by atomic mass is 9.64. The fraction of sp³-hybridized carbons (Fsp3) is 0.0633. The molecule has 2 aromatic heterocycles. The van der Waals surface area contributed by atoms with E-state index in [0.717, 1.165) is 117 Å². The van der Waals surface area contributed by atoms with Gasteiger partial charge in [0.15, 0.2) is 11.2 Å². The smallest absolute Gasteiger partial charge is 0.159 e. The van der Waals surface area contributed by atoms with Crippen molar-refractivity contribution in [2.24, 2.45) is 0 Å². The van der Waals surface area contributed by atoms with Crippen LogP contribution in [0.5, 0.6) is 0 Å². The molecule has 84 heavy (non-hydrogen) atoms. The molecule has 0 fully saturated rings. The molecule has 3 heterocycles. The van der Waals surface area contributed by atoms with E-state index in [9.17, 15) is 0 Å². The van der Waals surface area contributed by atoms with Crippen molar-refractivity contribution in [2.75, 3.05) is 14.7 Å². The minimum Gasteiger partial charge on any atom is -0.454 e. The summed E-state index contributed by atoms with van der Waals surface area (Å²) in [7, 11) is 0. The molecule has 0 amide bonds. The number of aryl methyl sites for hydroxylation is 4. The van der Waals surface area contributed by atoms with E-state index in [1.807, 2.05) is 0 Å². The first-order valence-electron chi connectivity index (χ1n) is 29.1. The lowest BCUT2D eigenvalue weighted by Gasteiger charge is -2.45. The van der Waals surface area contributed by atoms with Gasteiger partial charge in [0.05, 0.1) is 39.5 Å². The minimum absolute atomic E-state index is 0.846. The van der Waals surface area contributed by atoms with E-state index in [2.05, 4.69) is 303 Å². The van der Waals surface area contributed by atoms with Crippen molar-refractivity contribution in [1.82, 2.24) is 0 Å². The summed E-state index contributed by atoms with van der Waals surface area (Å²) in [6.45, 7) is 8.61. The van der Waals surface area contributed by atoms with Gasteiger partial charge >= 0.3 is 0 Å². The van der Waals surface area contributed by atoms with Crippen LogP contribution in [-0.2, 0) is 5.41 Å². The van der Waals surface area contributed by atoms with Crippen LogP contribution in [-0.4, -0.2) is 0 Å². The average molecular weight is 1080 g/mol. The third kappa shape index (κ3) is 6.72. The van der Waals surface area contributed by atoms with Crippen molar-refractivity contribution in [3.8, 4) is 11.1 Å². The van der Waals surface area contributed by atoms with Gasteiger partial charge in [0.25, 0.3) is 0 Å². The summed E-state index contributed by atoms with van der Waals surface area (Å²) < 4.78 is 14.3. The van der Waals surface area contributed by atoms with Crippen molar-refractivity contribution >= 4 is 117 Å². The van der Waals surface area contributed by atoms with E-state index < -0.39 is 5.41 Å². The fourth-order valence-electron chi connectivity index (χ4n) is 14.5. The summed E-state index contributed by atoms with van der Waals surface area (Å²) in [4.78, 5) is 7.41. The molecule has 0 bridgehead atoms. The second-order valence-electron chi connectivity index (χ2n) is 22.9. The van der Waals surface area contributed by atoms with Crippen molar-refractivity contribution in [3.05, 3.63) is 305 Å². The lowest BCUT2D eigenvalue weighted by molar-refractivity contribution is 0.665. The first kappa shape index (κ1) is 48.1. The van der Waals surface area contributed by atoms with Crippen molar-refractivity contribution in [3.63, 3.8) is 0 Å². The Morgan fingerprint density at radius 3 is 1.12 bits per heavy atom. The summed E-state index contributed by atoms with van der Waals surface area (Å²) in [5, 5.41) is 8.99. The Balaban J connectivity index is 1.05. The average Bonchev–Trinajstić information content (AvgIpc) is 1.46. The first-order chi connectivity index (χ1) is 41.3. The number of fused-ring (bicyclic) bond motifs is 19. The molecule has 0 saturated carbocycles. The molecule has 1 spiro atoms. The molecule has 0 N–H and O–H groups in total. The van der Waals surface area contributed by atoms with Gasteiger partial charge in [-0.25, -0.2) is 0 Å². The maximum absolute atomic E-state index is 7.13. The Labute approximate surface area is 487 Å². The van der Waals surface area contributed by atoms with Gasteiger partial charge in [-0.3, -0.25) is 0 Å². The van der Waals surface area contributed by atoms with E-state index in [-0.39, 0.29) is 0 Å². The second-order valence-corrected chi connectivity index (χ2v) is 22.9. The SMILES string of the molecule is Cc1ccc(N(c2cc3c(c4ccccc24)-c2c(cc(N(c4ccc(C)cc4)c4cccc5c4oc4c(C)cccc45)c4ccccc24)C32c3ccccc3N(c3ccccc3)c3ccccc32)c2cccc3c2oc2c(C)cccc23)cc1. The van der Waals surface area contributed by atoms with E-state index in [1.54, 1.807) is 0 Å². The Bertz CT molecular complexity index is 4900. The van der Waals surface area contributed by atoms with Crippen LogP contribution in [0.1, 0.15) is 44.5 Å². The van der Waals surface area contributed by atoms with Crippen LogP contribution in [0.25, 0.3) is 76.5 Å². The molecule has 0 saturated heterocycles.